The summed E-state index contributed by atoms with van der Waals surface area (Å²) in [7, 11) is 4.37. The average Bonchev–Trinajstić information content (AvgIpc) is 2.87. The molecule has 0 bridgehead atoms. The van der Waals surface area contributed by atoms with E-state index in [1.807, 2.05) is 0 Å². The summed E-state index contributed by atoms with van der Waals surface area (Å²) in [5.74, 6) is 0.0988. The number of carbonyl (C=O) groups excluding carboxylic acids is 3. The molecule has 10 nitrogen and oxygen atoms in total. The molecule has 0 radical (unpaired) electrons. The lowest BCUT2D eigenvalue weighted by Crippen LogP contribution is -2.47. The van der Waals surface area contributed by atoms with E-state index in [4.69, 9.17) is 25.8 Å². The molecular weight excluding hydrogens is 464 g/mol. The van der Waals surface area contributed by atoms with Gasteiger partial charge in [0.1, 0.15) is 5.82 Å². The molecule has 34 heavy (non-hydrogen) atoms. The van der Waals surface area contributed by atoms with Gasteiger partial charge in [0.05, 0.1) is 38.8 Å². The van der Waals surface area contributed by atoms with Crippen LogP contribution in [0.5, 0.6) is 17.2 Å². The average molecular weight is 491 g/mol. The quantitative estimate of drug-likeness (QED) is 0.583. The van der Waals surface area contributed by atoms with Gasteiger partial charge in [-0.2, -0.15) is 0 Å². The van der Waals surface area contributed by atoms with Gasteiger partial charge in [-0.05, 0) is 37.1 Å². The lowest BCUT2D eigenvalue weighted by molar-refractivity contribution is -0.133. The third-order valence-electron chi connectivity index (χ3n) is 5.45. The molecule has 2 N–H and O–H groups in total. The molecular formula is C23H27ClN4O6. The molecule has 11 heteroatoms. The molecule has 1 fully saturated rings. The Labute approximate surface area is 202 Å². The molecule has 182 valence electrons. The van der Waals surface area contributed by atoms with E-state index in [1.54, 1.807) is 17.0 Å². The number of pyridine rings is 1. The molecule has 2 aromatic rings. The summed E-state index contributed by atoms with van der Waals surface area (Å²) in [6.07, 6.45) is 2.78. The van der Waals surface area contributed by atoms with E-state index in [9.17, 15) is 14.4 Å². The number of amides is 3. The van der Waals surface area contributed by atoms with Crippen molar-refractivity contribution in [2.24, 2.45) is 5.92 Å². The Morgan fingerprint density at radius 3 is 2.41 bits per heavy atom. The van der Waals surface area contributed by atoms with E-state index in [-0.39, 0.29) is 36.4 Å². The van der Waals surface area contributed by atoms with Gasteiger partial charge in [-0.25, -0.2) is 4.98 Å². The molecule has 3 rings (SSSR count). The van der Waals surface area contributed by atoms with E-state index < -0.39 is 5.91 Å². The topological polar surface area (TPSA) is 119 Å². The van der Waals surface area contributed by atoms with Crippen LogP contribution in [0, 0.1) is 5.92 Å². The first-order chi connectivity index (χ1) is 16.4. The second-order valence-electron chi connectivity index (χ2n) is 7.63. The molecule has 1 saturated heterocycles. The van der Waals surface area contributed by atoms with Crippen molar-refractivity contribution in [1.82, 2.24) is 15.2 Å². The lowest BCUT2D eigenvalue weighted by atomic mass is 9.97. The van der Waals surface area contributed by atoms with Gasteiger partial charge >= 0.3 is 0 Å². The van der Waals surface area contributed by atoms with Crippen LogP contribution >= 0.6 is 11.6 Å². The van der Waals surface area contributed by atoms with Gasteiger partial charge in [-0.3, -0.25) is 14.4 Å². The number of aromatic nitrogens is 1. The number of ether oxygens (including phenoxy) is 3. The number of methoxy groups -OCH3 is 3. The van der Waals surface area contributed by atoms with Crippen LogP contribution in [0.25, 0.3) is 0 Å². The van der Waals surface area contributed by atoms with Crippen molar-refractivity contribution < 1.29 is 28.6 Å². The highest BCUT2D eigenvalue weighted by atomic mass is 35.5. The predicted octanol–water partition coefficient (Wildman–Crippen LogP) is 2.37. The maximum Gasteiger partial charge on any atom is 0.251 e. The van der Waals surface area contributed by atoms with Crippen LogP contribution in [0.2, 0.25) is 5.02 Å². The van der Waals surface area contributed by atoms with Crippen molar-refractivity contribution in [3.63, 3.8) is 0 Å². The Balaban J connectivity index is 1.57. The summed E-state index contributed by atoms with van der Waals surface area (Å²) >= 11 is 5.82. The fourth-order valence-electron chi connectivity index (χ4n) is 3.68. The van der Waals surface area contributed by atoms with Crippen molar-refractivity contribution in [2.45, 2.75) is 12.8 Å². The minimum Gasteiger partial charge on any atom is -0.493 e. The number of benzene rings is 1. The molecule has 1 aromatic heterocycles. The van der Waals surface area contributed by atoms with Gasteiger partial charge in [0.25, 0.3) is 5.91 Å². The maximum absolute atomic E-state index is 12.7. The molecule has 0 spiro atoms. The minimum atomic E-state index is -0.465. The first-order valence-electron chi connectivity index (χ1n) is 10.6. The van der Waals surface area contributed by atoms with Gasteiger partial charge in [0, 0.05) is 24.8 Å². The molecule has 1 atom stereocenters. The van der Waals surface area contributed by atoms with Crippen molar-refractivity contribution >= 4 is 35.1 Å². The van der Waals surface area contributed by atoms with Crippen LogP contribution in [0.15, 0.2) is 30.5 Å². The Morgan fingerprint density at radius 2 is 1.82 bits per heavy atom. The second-order valence-corrected chi connectivity index (χ2v) is 8.06. The van der Waals surface area contributed by atoms with Gasteiger partial charge < -0.3 is 29.7 Å². The Bertz CT molecular complexity index is 1020. The van der Waals surface area contributed by atoms with Crippen LogP contribution in [-0.2, 0) is 9.59 Å². The third kappa shape index (κ3) is 6.07. The fraction of sp³-hybridized carbons (Fsp3) is 0.391. The van der Waals surface area contributed by atoms with Crippen LogP contribution in [0.1, 0.15) is 23.2 Å². The van der Waals surface area contributed by atoms with Gasteiger partial charge in [0.2, 0.25) is 17.6 Å². The molecule has 1 unspecified atom stereocenters. The SMILES string of the molecule is COc1cc(C(=O)NCC(=O)N2CCCC(C(=O)Nc3ccc(Cl)cn3)C2)cc(OC)c1OC. The van der Waals surface area contributed by atoms with E-state index in [2.05, 4.69) is 15.6 Å². The van der Waals surface area contributed by atoms with E-state index in [1.165, 1.54) is 39.7 Å². The molecule has 2 heterocycles. The number of hydrogen-bond donors (Lipinski definition) is 2. The maximum atomic E-state index is 12.7. The third-order valence-corrected chi connectivity index (χ3v) is 5.67. The predicted molar refractivity (Wildman–Crippen MR) is 126 cm³/mol. The van der Waals surface area contributed by atoms with Gasteiger partial charge in [-0.15, -0.1) is 0 Å². The molecule has 1 aliphatic rings. The zero-order valence-electron chi connectivity index (χ0n) is 19.2. The Morgan fingerprint density at radius 1 is 1.12 bits per heavy atom. The summed E-state index contributed by atoms with van der Waals surface area (Å²) in [6, 6.07) is 6.27. The standard InChI is InChI=1S/C23H27ClN4O6/c1-32-17-9-15(10-18(33-2)21(17)34-3)22(30)26-12-20(29)28-8-4-5-14(13-28)23(31)27-19-7-6-16(24)11-25-19/h6-7,9-11,14H,4-5,8,12-13H2,1-3H3,(H,26,30)(H,25,27,31). The summed E-state index contributed by atoms with van der Waals surface area (Å²) in [5, 5.41) is 5.84. The van der Waals surface area contributed by atoms with Crippen LogP contribution in [0.4, 0.5) is 5.82 Å². The summed E-state index contributed by atoms with van der Waals surface area (Å²) in [6.45, 7) is 0.572. The fourth-order valence-corrected chi connectivity index (χ4v) is 3.79. The number of likely N-dealkylation sites (tertiary alicyclic amines) is 1. The lowest BCUT2D eigenvalue weighted by Gasteiger charge is -2.32. The number of hydrogen-bond acceptors (Lipinski definition) is 7. The number of nitrogens with zero attached hydrogens (tertiary/aromatic N) is 2. The monoisotopic (exact) mass is 490 g/mol. The van der Waals surface area contributed by atoms with E-state index >= 15 is 0 Å². The van der Waals surface area contributed by atoms with Crippen LogP contribution < -0.4 is 24.8 Å². The van der Waals surface area contributed by atoms with Crippen LogP contribution in [0.3, 0.4) is 0 Å². The highest BCUT2D eigenvalue weighted by Gasteiger charge is 2.29. The second kappa shape index (κ2) is 11.6. The van der Waals surface area contributed by atoms with Crippen molar-refractivity contribution in [3.05, 3.63) is 41.0 Å². The molecule has 1 aromatic carbocycles. The summed E-state index contributed by atoms with van der Waals surface area (Å²) < 4.78 is 15.8. The highest BCUT2D eigenvalue weighted by Crippen LogP contribution is 2.38. The van der Waals surface area contributed by atoms with Crippen molar-refractivity contribution in [3.8, 4) is 17.2 Å². The molecule has 1 aliphatic heterocycles. The number of carbonyl (C=O) groups is 3. The zero-order chi connectivity index (χ0) is 24.7. The summed E-state index contributed by atoms with van der Waals surface area (Å²) in [4.78, 5) is 43.6. The molecule has 0 aliphatic carbocycles. The Hall–Kier alpha value is -3.53. The number of anilines is 1. The van der Waals surface area contributed by atoms with Crippen molar-refractivity contribution in [1.29, 1.82) is 0 Å². The van der Waals surface area contributed by atoms with E-state index in [0.717, 1.165) is 0 Å². The number of nitrogens with one attached hydrogen (secondary N) is 2. The Kier molecular flexibility index (Phi) is 8.53. The number of halogens is 1. The number of piperidine rings is 1. The first kappa shape index (κ1) is 25.1. The van der Waals surface area contributed by atoms with Gasteiger partial charge in [-0.1, -0.05) is 11.6 Å². The first-order valence-corrected chi connectivity index (χ1v) is 11.0. The largest absolute Gasteiger partial charge is 0.493 e. The zero-order valence-corrected chi connectivity index (χ0v) is 20.0. The number of rotatable bonds is 8. The highest BCUT2D eigenvalue weighted by molar-refractivity contribution is 6.30. The summed E-state index contributed by atoms with van der Waals surface area (Å²) in [5.41, 5.74) is 0.258. The normalized spacial score (nSPS) is 15.3. The smallest absolute Gasteiger partial charge is 0.251 e. The van der Waals surface area contributed by atoms with Gasteiger partial charge in [0.15, 0.2) is 11.5 Å². The molecule has 0 saturated carbocycles. The van der Waals surface area contributed by atoms with Crippen LogP contribution in [-0.4, -0.2) is 68.6 Å². The minimum absolute atomic E-state index is 0.206. The van der Waals surface area contributed by atoms with E-state index in [0.29, 0.717) is 47.5 Å². The van der Waals surface area contributed by atoms with Crippen molar-refractivity contribution in [2.75, 3.05) is 46.3 Å². The molecule has 3 amide bonds.